The fraction of sp³-hybridized carbons (Fsp3) is 0.176. The minimum atomic E-state index is -0.545. The quantitative estimate of drug-likeness (QED) is 0.245. The smallest absolute Gasteiger partial charge is 0.240 e. The average molecular weight is 592 g/mol. The van der Waals surface area contributed by atoms with Crippen molar-refractivity contribution in [1.82, 2.24) is 20.1 Å². The van der Waals surface area contributed by atoms with E-state index in [1.807, 2.05) is 74.5 Å². The lowest BCUT2D eigenvalue weighted by molar-refractivity contribution is -0.123. The first-order valence-electron chi connectivity index (χ1n) is 14.0. The SMILES string of the molecule is Cc1ccc(-n2nc(-c3ccccc3)c3c2N(CC(=O)NCc2ccccn2)C(=O)CSC3c2ccccc2F)c(C)c1. The molecule has 9 heteroatoms. The Balaban J connectivity index is 1.55. The summed E-state index contributed by atoms with van der Waals surface area (Å²) in [6.45, 7) is 4.01. The molecule has 7 nitrogen and oxygen atoms in total. The van der Waals surface area contributed by atoms with Gasteiger partial charge in [0.2, 0.25) is 11.8 Å². The van der Waals surface area contributed by atoms with Gasteiger partial charge in [-0.1, -0.05) is 72.3 Å². The summed E-state index contributed by atoms with van der Waals surface area (Å²) in [5.74, 6) is -0.444. The van der Waals surface area contributed by atoms with Gasteiger partial charge in [0.15, 0.2) is 0 Å². The van der Waals surface area contributed by atoms with Crippen molar-refractivity contribution >= 4 is 29.4 Å². The molecule has 3 aromatic carbocycles. The maximum Gasteiger partial charge on any atom is 0.240 e. The van der Waals surface area contributed by atoms with Crippen molar-refractivity contribution in [2.75, 3.05) is 17.2 Å². The molecule has 1 aliphatic rings. The van der Waals surface area contributed by atoms with E-state index in [4.69, 9.17) is 5.10 Å². The van der Waals surface area contributed by atoms with Gasteiger partial charge in [-0.2, -0.15) is 5.10 Å². The van der Waals surface area contributed by atoms with E-state index in [0.717, 1.165) is 22.4 Å². The molecule has 2 amide bonds. The van der Waals surface area contributed by atoms with E-state index < -0.39 is 5.25 Å². The molecule has 216 valence electrons. The number of pyridine rings is 1. The van der Waals surface area contributed by atoms with Crippen LogP contribution in [0.4, 0.5) is 10.2 Å². The van der Waals surface area contributed by atoms with Crippen LogP contribution in [0.25, 0.3) is 16.9 Å². The number of anilines is 1. The van der Waals surface area contributed by atoms with Gasteiger partial charge < -0.3 is 5.32 Å². The Morgan fingerprint density at radius 2 is 1.77 bits per heavy atom. The summed E-state index contributed by atoms with van der Waals surface area (Å²) in [4.78, 5) is 33.0. The predicted molar refractivity (Wildman–Crippen MR) is 168 cm³/mol. The van der Waals surface area contributed by atoms with E-state index in [1.54, 1.807) is 29.1 Å². The van der Waals surface area contributed by atoms with Gasteiger partial charge in [0.05, 0.1) is 34.6 Å². The van der Waals surface area contributed by atoms with Crippen molar-refractivity contribution < 1.29 is 14.0 Å². The van der Waals surface area contributed by atoms with Crippen molar-refractivity contribution in [2.24, 2.45) is 0 Å². The number of hydrogen-bond donors (Lipinski definition) is 1. The third-order valence-corrected chi connectivity index (χ3v) is 8.64. The summed E-state index contributed by atoms with van der Waals surface area (Å²) in [7, 11) is 0. The number of rotatable bonds is 7. The van der Waals surface area contributed by atoms with Gasteiger partial charge in [-0.15, -0.1) is 11.8 Å². The topological polar surface area (TPSA) is 80.1 Å². The summed E-state index contributed by atoms with van der Waals surface area (Å²) < 4.78 is 17.2. The second kappa shape index (κ2) is 12.2. The zero-order valence-corrected chi connectivity index (χ0v) is 24.6. The molecule has 0 saturated carbocycles. The van der Waals surface area contributed by atoms with E-state index in [-0.39, 0.29) is 36.5 Å². The maximum atomic E-state index is 15.4. The normalized spacial score (nSPS) is 14.7. The van der Waals surface area contributed by atoms with Crippen molar-refractivity contribution in [2.45, 2.75) is 25.6 Å². The summed E-state index contributed by atoms with van der Waals surface area (Å²) in [6.07, 6.45) is 1.67. The summed E-state index contributed by atoms with van der Waals surface area (Å²) in [5.41, 5.74) is 6.13. The molecule has 0 radical (unpaired) electrons. The van der Waals surface area contributed by atoms with Crippen LogP contribution in [-0.2, 0) is 16.1 Å². The molecule has 2 aromatic heterocycles. The zero-order chi connectivity index (χ0) is 29.9. The van der Waals surface area contributed by atoms with Gasteiger partial charge in [-0.25, -0.2) is 9.07 Å². The summed E-state index contributed by atoms with van der Waals surface area (Å²) in [5, 5.41) is 7.45. The molecule has 0 saturated heterocycles. The fourth-order valence-electron chi connectivity index (χ4n) is 5.36. The van der Waals surface area contributed by atoms with Crippen LogP contribution in [0.5, 0.6) is 0 Å². The van der Waals surface area contributed by atoms with Gasteiger partial charge in [0.1, 0.15) is 18.2 Å². The number of aryl methyl sites for hydroxylation is 2. The summed E-state index contributed by atoms with van der Waals surface area (Å²) >= 11 is 1.34. The molecule has 1 atom stereocenters. The average Bonchev–Trinajstić information content (AvgIpc) is 3.34. The number of thioether (sulfide) groups is 1. The van der Waals surface area contributed by atoms with Crippen LogP contribution >= 0.6 is 11.8 Å². The van der Waals surface area contributed by atoms with E-state index in [9.17, 15) is 9.59 Å². The van der Waals surface area contributed by atoms with Crippen molar-refractivity contribution in [3.05, 3.63) is 131 Å². The maximum absolute atomic E-state index is 15.4. The Bertz CT molecular complexity index is 1790. The molecule has 0 spiro atoms. The molecule has 3 heterocycles. The molecule has 0 bridgehead atoms. The van der Waals surface area contributed by atoms with Crippen LogP contribution in [-0.4, -0.2) is 38.9 Å². The number of nitrogens with zero attached hydrogens (tertiary/aromatic N) is 4. The Hall–Kier alpha value is -4.76. The van der Waals surface area contributed by atoms with Gasteiger partial charge in [0.25, 0.3) is 0 Å². The number of hydrogen-bond acceptors (Lipinski definition) is 5. The fourth-order valence-corrected chi connectivity index (χ4v) is 6.58. The number of nitrogens with one attached hydrogen (secondary N) is 1. The van der Waals surface area contributed by atoms with Crippen LogP contribution in [0.3, 0.4) is 0 Å². The lowest BCUT2D eigenvalue weighted by Gasteiger charge is -2.24. The molecule has 1 aliphatic heterocycles. The first-order valence-corrected chi connectivity index (χ1v) is 15.0. The van der Waals surface area contributed by atoms with Crippen molar-refractivity contribution in [1.29, 1.82) is 0 Å². The monoisotopic (exact) mass is 591 g/mol. The second-order valence-corrected chi connectivity index (χ2v) is 11.5. The predicted octanol–water partition coefficient (Wildman–Crippen LogP) is 6.18. The number of fused-ring (bicyclic) bond motifs is 1. The third-order valence-electron chi connectivity index (χ3n) is 7.40. The highest BCUT2D eigenvalue weighted by molar-refractivity contribution is 8.00. The Kier molecular flexibility index (Phi) is 8.07. The largest absolute Gasteiger partial charge is 0.349 e. The Morgan fingerprint density at radius 1 is 1.00 bits per heavy atom. The van der Waals surface area contributed by atoms with Gasteiger partial charge in [-0.3, -0.25) is 19.5 Å². The lowest BCUT2D eigenvalue weighted by atomic mass is 9.99. The van der Waals surface area contributed by atoms with Gasteiger partial charge >= 0.3 is 0 Å². The number of carbonyl (C=O) groups excluding carboxylic acids is 2. The molecule has 1 unspecified atom stereocenters. The molecule has 5 aromatic rings. The van der Waals surface area contributed by atoms with Crippen molar-refractivity contribution in [3.63, 3.8) is 0 Å². The second-order valence-electron chi connectivity index (χ2n) is 10.4. The van der Waals surface area contributed by atoms with E-state index in [0.29, 0.717) is 28.3 Å². The highest BCUT2D eigenvalue weighted by Gasteiger charge is 2.38. The third kappa shape index (κ3) is 5.81. The Labute approximate surface area is 253 Å². The molecule has 0 aliphatic carbocycles. The van der Waals surface area contributed by atoms with Crippen LogP contribution < -0.4 is 10.2 Å². The summed E-state index contributed by atoms with van der Waals surface area (Å²) in [6, 6.07) is 27.8. The van der Waals surface area contributed by atoms with Crippen LogP contribution in [0.2, 0.25) is 0 Å². The minimum absolute atomic E-state index is 0.0578. The number of aromatic nitrogens is 3. The molecular weight excluding hydrogens is 561 g/mol. The first kappa shape index (κ1) is 28.4. The molecule has 43 heavy (non-hydrogen) atoms. The lowest BCUT2D eigenvalue weighted by Crippen LogP contribution is -2.42. The molecule has 1 N–H and O–H groups in total. The molecular formula is C34H30FN5O2S. The first-order chi connectivity index (χ1) is 20.9. The van der Waals surface area contributed by atoms with Crippen LogP contribution in [0.1, 0.15) is 33.2 Å². The zero-order valence-electron chi connectivity index (χ0n) is 23.8. The molecule has 6 rings (SSSR count). The van der Waals surface area contributed by atoms with E-state index in [1.165, 1.54) is 22.7 Å². The van der Waals surface area contributed by atoms with Crippen LogP contribution in [0, 0.1) is 19.7 Å². The number of halogens is 1. The minimum Gasteiger partial charge on any atom is -0.349 e. The highest BCUT2D eigenvalue weighted by Crippen LogP contribution is 2.49. The number of carbonyl (C=O) groups is 2. The number of amides is 2. The molecule has 0 fully saturated rings. The van der Waals surface area contributed by atoms with Gasteiger partial charge in [-0.05, 0) is 43.7 Å². The highest BCUT2D eigenvalue weighted by atomic mass is 32.2. The van der Waals surface area contributed by atoms with E-state index in [2.05, 4.69) is 16.4 Å². The van der Waals surface area contributed by atoms with Crippen molar-refractivity contribution in [3.8, 4) is 16.9 Å². The van der Waals surface area contributed by atoms with Crippen LogP contribution in [0.15, 0.2) is 97.2 Å². The van der Waals surface area contributed by atoms with Gasteiger partial charge in [0, 0.05) is 22.9 Å². The standard InChI is InChI=1S/C34H30FN5O2S/c1-22-15-16-28(23(2)18-22)40-34-31(32(38-40)24-10-4-3-5-11-24)33(26-13-6-7-14-27(26)35)43-21-30(42)39(34)20-29(41)37-19-25-12-8-9-17-36-25/h3-18,33H,19-21H2,1-2H3,(H,37,41). The van der Waals surface area contributed by atoms with E-state index >= 15 is 4.39 Å². The Morgan fingerprint density at radius 3 is 2.51 bits per heavy atom. The number of benzene rings is 3.